The van der Waals surface area contributed by atoms with Gasteiger partial charge in [0.1, 0.15) is 11.4 Å². The molecule has 2 atom stereocenters. The van der Waals surface area contributed by atoms with E-state index >= 15 is 0 Å². The molecule has 1 saturated carbocycles. The van der Waals surface area contributed by atoms with E-state index in [1.165, 1.54) is 37.8 Å². The van der Waals surface area contributed by atoms with E-state index in [9.17, 15) is 5.11 Å². The fourth-order valence-corrected chi connectivity index (χ4v) is 4.73. The van der Waals surface area contributed by atoms with Crippen molar-refractivity contribution in [3.63, 3.8) is 0 Å². The lowest BCUT2D eigenvalue weighted by Crippen LogP contribution is -2.47. The topological polar surface area (TPSA) is 65.4 Å². The van der Waals surface area contributed by atoms with Crippen molar-refractivity contribution in [1.29, 1.82) is 0 Å². The fraction of sp³-hybridized carbons (Fsp3) is 0.571. The summed E-state index contributed by atoms with van der Waals surface area (Å²) in [4.78, 5) is 9.51. The van der Waals surface area contributed by atoms with Crippen molar-refractivity contribution in [2.45, 2.75) is 44.6 Å². The lowest BCUT2D eigenvalue weighted by molar-refractivity contribution is 0.207. The van der Waals surface area contributed by atoms with Gasteiger partial charge in [0, 0.05) is 24.7 Å². The van der Waals surface area contributed by atoms with Crippen LogP contribution >= 0.6 is 0 Å². The number of likely N-dealkylation sites (N-methyl/N-ethyl adjacent to an activating group) is 1. The second-order valence-electron chi connectivity index (χ2n) is 8.46. The van der Waals surface area contributed by atoms with Gasteiger partial charge in [0.05, 0.1) is 5.69 Å². The van der Waals surface area contributed by atoms with Gasteiger partial charge in [0.15, 0.2) is 0 Å². The van der Waals surface area contributed by atoms with E-state index in [0.717, 1.165) is 36.2 Å². The number of phenolic OH excluding ortho intramolecular Hbond substituents is 1. The van der Waals surface area contributed by atoms with E-state index < -0.39 is 0 Å². The molecule has 3 aliphatic rings. The Morgan fingerprint density at radius 2 is 1.89 bits per heavy atom. The summed E-state index contributed by atoms with van der Waals surface area (Å²) in [7, 11) is 2.19. The Bertz CT molecular complexity index is 866. The minimum Gasteiger partial charge on any atom is -0.507 e. The zero-order valence-electron chi connectivity index (χ0n) is 16.1. The van der Waals surface area contributed by atoms with Gasteiger partial charge in [0.25, 0.3) is 0 Å². The number of nitrogens with zero attached hydrogens (tertiary/aromatic N) is 5. The average Bonchev–Trinajstić information content (AvgIpc) is 3.42. The standard InChI is InChI=1S/C21H27N5O/c1-13-20(17-6-5-16(11-19(17)27)14-3-4-14)23-24-21(22-13)26-10-8-15-7-9-25(2)12-18(15)26/h5-6,11,14-15,18,27H,3-4,7-10,12H2,1-2H3/t15-,18-/m0/s1. The number of phenols is 1. The van der Waals surface area contributed by atoms with Crippen LogP contribution in [0, 0.1) is 12.8 Å². The second-order valence-corrected chi connectivity index (χ2v) is 8.46. The highest BCUT2D eigenvalue weighted by Gasteiger charge is 2.39. The molecular weight excluding hydrogens is 338 g/mol. The summed E-state index contributed by atoms with van der Waals surface area (Å²) in [6.45, 7) is 5.22. The SMILES string of the molecule is Cc1nc(N2CC[C@@H]3CCN(C)C[C@@H]32)nnc1-c1ccc(C2CC2)cc1O. The molecule has 142 valence electrons. The first-order chi connectivity index (χ1) is 13.1. The van der Waals surface area contributed by atoms with Crippen LogP contribution in [0.5, 0.6) is 5.75 Å². The van der Waals surface area contributed by atoms with E-state index in [2.05, 4.69) is 33.1 Å². The van der Waals surface area contributed by atoms with Gasteiger partial charge in [-0.25, -0.2) is 4.98 Å². The van der Waals surface area contributed by atoms with Crippen molar-refractivity contribution >= 4 is 5.95 Å². The van der Waals surface area contributed by atoms with E-state index in [4.69, 9.17) is 4.98 Å². The molecule has 0 unspecified atom stereocenters. The van der Waals surface area contributed by atoms with Crippen LogP contribution in [-0.2, 0) is 0 Å². The van der Waals surface area contributed by atoms with Crippen LogP contribution in [0.2, 0.25) is 0 Å². The summed E-state index contributed by atoms with van der Waals surface area (Å²) >= 11 is 0. The third-order valence-electron chi connectivity index (χ3n) is 6.50. The van der Waals surface area contributed by atoms with Gasteiger partial charge in [-0.15, -0.1) is 10.2 Å². The monoisotopic (exact) mass is 365 g/mol. The molecule has 6 nitrogen and oxygen atoms in total. The number of aromatic hydroxyl groups is 1. The van der Waals surface area contributed by atoms with Crippen molar-refractivity contribution in [3.05, 3.63) is 29.5 Å². The number of likely N-dealkylation sites (tertiary alicyclic amines) is 1. The van der Waals surface area contributed by atoms with Crippen molar-refractivity contribution in [2.75, 3.05) is 31.6 Å². The number of piperidine rings is 1. The van der Waals surface area contributed by atoms with Crippen molar-refractivity contribution < 1.29 is 5.11 Å². The Morgan fingerprint density at radius 3 is 2.63 bits per heavy atom. The Balaban J connectivity index is 1.42. The van der Waals surface area contributed by atoms with Gasteiger partial charge in [-0.05, 0) is 75.7 Å². The average molecular weight is 365 g/mol. The predicted octanol–water partition coefficient (Wildman–Crippen LogP) is 2.96. The molecule has 1 aliphatic carbocycles. The Hall–Kier alpha value is -2.21. The molecule has 27 heavy (non-hydrogen) atoms. The number of hydrogen-bond acceptors (Lipinski definition) is 6. The van der Waals surface area contributed by atoms with Gasteiger partial charge < -0.3 is 14.9 Å². The molecule has 0 amide bonds. The smallest absolute Gasteiger partial charge is 0.245 e. The highest BCUT2D eigenvalue weighted by molar-refractivity contribution is 5.69. The number of hydrogen-bond donors (Lipinski definition) is 1. The minimum absolute atomic E-state index is 0.279. The highest BCUT2D eigenvalue weighted by atomic mass is 16.3. The van der Waals surface area contributed by atoms with Crippen LogP contribution in [-0.4, -0.2) is 57.9 Å². The number of aryl methyl sites for hydroxylation is 1. The minimum atomic E-state index is 0.279. The molecule has 5 rings (SSSR count). The highest BCUT2D eigenvalue weighted by Crippen LogP contribution is 2.43. The largest absolute Gasteiger partial charge is 0.507 e. The molecule has 1 aromatic carbocycles. The van der Waals surface area contributed by atoms with E-state index in [1.54, 1.807) is 0 Å². The maximum atomic E-state index is 10.5. The number of benzene rings is 1. The van der Waals surface area contributed by atoms with Gasteiger partial charge in [-0.1, -0.05) is 6.07 Å². The van der Waals surface area contributed by atoms with E-state index in [1.807, 2.05) is 19.1 Å². The molecular formula is C21H27N5O. The van der Waals surface area contributed by atoms with Crippen LogP contribution in [0.15, 0.2) is 18.2 Å². The number of anilines is 1. The van der Waals surface area contributed by atoms with Crippen LogP contribution in [0.4, 0.5) is 5.95 Å². The molecule has 1 aromatic heterocycles. The Morgan fingerprint density at radius 1 is 1.07 bits per heavy atom. The molecule has 1 N–H and O–H groups in total. The number of rotatable bonds is 3. The summed E-state index contributed by atoms with van der Waals surface area (Å²) in [5, 5.41) is 19.4. The van der Waals surface area contributed by atoms with Gasteiger partial charge in [0.2, 0.25) is 5.95 Å². The zero-order chi connectivity index (χ0) is 18.5. The van der Waals surface area contributed by atoms with Gasteiger partial charge in [-0.2, -0.15) is 0 Å². The van der Waals surface area contributed by atoms with Crippen LogP contribution in [0.1, 0.15) is 42.9 Å². The third-order valence-corrected chi connectivity index (χ3v) is 6.50. The summed E-state index contributed by atoms with van der Waals surface area (Å²) in [5.41, 5.74) is 3.44. The van der Waals surface area contributed by atoms with Crippen LogP contribution in [0.3, 0.4) is 0 Å². The summed E-state index contributed by atoms with van der Waals surface area (Å²) in [5.74, 6) is 2.37. The third kappa shape index (κ3) is 3.06. The van der Waals surface area contributed by atoms with Gasteiger partial charge >= 0.3 is 0 Å². The summed E-state index contributed by atoms with van der Waals surface area (Å²) < 4.78 is 0. The quantitative estimate of drug-likeness (QED) is 0.902. The second kappa shape index (κ2) is 6.44. The van der Waals surface area contributed by atoms with Crippen molar-refractivity contribution in [2.24, 2.45) is 5.92 Å². The normalized spacial score (nSPS) is 25.6. The first-order valence-electron chi connectivity index (χ1n) is 10.1. The first kappa shape index (κ1) is 16.9. The predicted molar refractivity (Wildman–Crippen MR) is 105 cm³/mol. The van der Waals surface area contributed by atoms with Crippen LogP contribution < -0.4 is 4.90 Å². The van der Waals surface area contributed by atoms with Crippen molar-refractivity contribution in [3.8, 4) is 17.0 Å². The lowest BCUT2D eigenvalue weighted by Gasteiger charge is -2.36. The maximum absolute atomic E-state index is 10.5. The van der Waals surface area contributed by atoms with Crippen LogP contribution in [0.25, 0.3) is 11.3 Å². The molecule has 6 heteroatoms. The maximum Gasteiger partial charge on any atom is 0.245 e. The summed E-state index contributed by atoms with van der Waals surface area (Å²) in [6, 6.07) is 6.43. The Kier molecular flexibility index (Phi) is 4.04. The van der Waals surface area contributed by atoms with E-state index in [0.29, 0.717) is 17.7 Å². The fourth-order valence-electron chi connectivity index (χ4n) is 4.73. The van der Waals surface area contributed by atoms with Crippen molar-refractivity contribution in [1.82, 2.24) is 20.1 Å². The molecule has 0 bridgehead atoms. The number of fused-ring (bicyclic) bond motifs is 1. The molecule has 3 heterocycles. The van der Waals surface area contributed by atoms with Gasteiger partial charge in [-0.3, -0.25) is 0 Å². The number of aromatic nitrogens is 3. The molecule has 2 aromatic rings. The molecule has 3 fully saturated rings. The Labute approximate surface area is 160 Å². The van der Waals surface area contributed by atoms with E-state index in [-0.39, 0.29) is 5.75 Å². The molecule has 0 radical (unpaired) electrons. The molecule has 2 aliphatic heterocycles. The lowest BCUT2D eigenvalue weighted by atomic mass is 9.92. The molecule has 0 spiro atoms. The molecule has 2 saturated heterocycles. The first-order valence-corrected chi connectivity index (χ1v) is 10.1. The zero-order valence-corrected chi connectivity index (χ0v) is 16.1. The summed E-state index contributed by atoms with van der Waals surface area (Å²) in [6.07, 6.45) is 4.91.